The van der Waals surface area contributed by atoms with Crippen molar-refractivity contribution in [1.82, 2.24) is 10.6 Å². The minimum atomic E-state index is -0.760. The first-order chi connectivity index (χ1) is 12.0. The summed E-state index contributed by atoms with van der Waals surface area (Å²) in [5.74, 6) is 0.583. The number of nitrogens with one attached hydrogen (secondary N) is 3. The van der Waals surface area contributed by atoms with Gasteiger partial charge in [0.2, 0.25) is 0 Å². The molecule has 7 heteroatoms. The molecule has 0 heterocycles. The molecule has 134 valence electrons. The topological polar surface area (TPSA) is 103 Å². The molecule has 7 nitrogen and oxygen atoms in total. The Morgan fingerprint density at radius 2 is 1.92 bits per heavy atom. The Bertz CT molecular complexity index is 666. The molecule has 2 unspecified atom stereocenters. The van der Waals surface area contributed by atoms with Crippen LogP contribution in [0.15, 0.2) is 54.6 Å². The van der Waals surface area contributed by atoms with E-state index in [1.54, 1.807) is 37.3 Å². The van der Waals surface area contributed by atoms with Gasteiger partial charge < -0.3 is 25.6 Å². The molecule has 0 aliphatic carbocycles. The van der Waals surface area contributed by atoms with Gasteiger partial charge in [0.05, 0.1) is 6.17 Å². The number of hydrogen-bond acceptors (Lipinski definition) is 5. The lowest BCUT2D eigenvalue weighted by Gasteiger charge is -2.19. The largest absolute Gasteiger partial charge is 0.508 e. The van der Waals surface area contributed by atoms with Crippen LogP contribution in [-0.4, -0.2) is 41.7 Å². The number of amides is 2. The van der Waals surface area contributed by atoms with Crippen LogP contribution in [0.3, 0.4) is 0 Å². The maximum absolute atomic E-state index is 11.8. The molecule has 2 aromatic carbocycles. The van der Waals surface area contributed by atoms with Gasteiger partial charge in [-0.3, -0.25) is 5.32 Å². The Morgan fingerprint density at radius 1 is 1.16 bits per heavy atom. The van der Waals surface area contributed by atoms with Crippen molar-refractivity contribution in [2.75, 3.05) is 18.5 Å². The fourth-order valence-electron chi connectivity index (χ4n) is 2.07. The highest BCUT2D eigenvalue weighted by Gasteiger charge is 2.10. The predicted molar refractivity (Wildman–Crippen MR) is 95.7 cm³/mol. The SMILES string of the molecule is CC(NCC(O)COc1cccc(O)c1)NC(=O)Nc1ccccc1. The summed E-state index contributed by atoms with van der Waals surface area (Å²) >= 11 is 0. The molecule has 0 aliphatic heterocycles. The normalized spacial score (nSPS) is 12.9. The van der Waals surface area contributed by atoms with Crippen molar-refractivity contribution < 1.29 is 19.7 Å². The molecule has 2 rings (SSSR count). The summed E-state index contributed by atoms with van der Waals surface area (Å²) in [7, 11) is 0. The van der Waals surface area contributed by atoms with E-state index >= 15 is 0 Å². The number of phenols is 1. The van der Waals surface area contributed by atoms with Crippen LogP contribution in [0.5, 0.6) is 11.5 Å². The molecule has 0 fully saturated rings. The second kappa shape index (κ2) is 9.51. The Labute approximate surface area is 146 Å². The zero-order valence-electron chi connectivity index (χ0n) is 14.0. The fourth-order valence-corrected chi connectivity index (χ4v) is 2.07. The van der Waals surface area contributed by atoms with E-state index in [4.69, 9.17) is 4.74 Å². The second-order valence-corrected chi connectivity index (χ2v) is 5.56. The van der Waals surface area contributed by atoms with Gasteiger partial charge in [-0.1, -0.05) is 24.3 Å². The Hall–Kier alpha value is -2.77. The van der Waals surface area contributed by atoms with Crippen LogP contribution in [0.4, 0.5) is 10.5 Å². The quantitative estimate of drug-likeness (QED) is 0.470. The zero-order valence-corrected chi connectivity index (χ0v) is 14.0. The molecule has 0 spiro atoms. The molecule has 0 saturated carbocycles. The molecular formula is C18H23N3O4. The Kier molecular flexibility index (Phi) is 7.06. The van der Waals surface area contributed by atoms with Gasteiger partial charge in [-0.2, -0.15) is 0 Å². The van der Waals surface area contributed by atoms with Gasteiger partial charge in [0, 0.05) is 18.3 Å². The van der Waals surface area contributed by atoms with E-state index in [0.717, 1.165) is 0 Å². The third-order valence-electron chi connectivity index (χ3n) is 3.30. The molecule has 0 saturated heterocycles. The van der Waals surface area contributed by atoms with Crippen LogP contribution in [-0.2, 0) is 0 Å². The first kappa shape index (κ1) is 18.6. The lowest BCUT2D eigenvalue weighted by atomic mass is 10.3. The zero-order chi connectivity index (χ0) is 18.1. The third kappa shape index (κ3) is 7.11. The number of phenolic OH excluding ortho intramolecular Hbond substituents is 1. The molecule has 0 bridgehead atoms. The first-order valence-corrected chi connectivity index (χ1v) is 7.99. The van der Waals surface area contributed by atoms with E-state index in [9.17, 15) is 15.0 Å². The van der Waals surface area contributed by atoms with E-state index in [1.165, 1.54) is 6.07 Å². The monoisotopic (exact) mass is 345 g/mol. The number of ether oxygens (including phenoxy) is 1. The Balaban J connectivity index is 1.65. The second-order valence-electron chi connectivity index (χ2n) is 5.56. The highest BCUT2D eigenvalue weighted by Crippen LogP contribution is 2.17. The van der Waals surface area contributed by atoms with Gasteiger partial charge >= 0.3 is 6.03 Å². The number of aromatic hydroxyl groups is 1. The molecular weight excluding hydrogens is 322 g/mol. The number of anilines is 1. The standard InChI is InChI=1S/C18H23N3O4/c1-13(20-18(24)21-14-6-3-2-4-7-14)19-11-16(23)12-25-17-9-5-8-15(22)10-17/h2-10,13,16,19,22-23H,11-12H2,1H3,(H2,20,21,24). The van der Waals surface area contributed by atoms with E-state index in [1.807, 2.05) is 18.2 Å². The molecule has 2 atom stereocenters. The molecule has 0 radical (unpaired) electrons. The Morgan fingerprint density at radius 3 is 2.64 bits per heavy atom. The van der Waals surface area contributed by atoms with Gasteiger partial charge in [0.25, 0.3) is 0 Å². The molecule has 0 aliphatic rings. The smallest absolute Gasteiger partial charge is 0.320 e. The number of aliphatic hydroxyl groups excluding tert-OH is 1. The maximum atomic E-state index is 11.8. The van der Waals surface area contributed by atoms with Crippen LogP contribution in [0, 0.1) is 0 Å². The minimum Gasteiger partial charge on any atom is -0.508 e. The first-order valence-electron chi connectivity index (χ1n) is 7.99. The van der Waals surface area contributed by atoms with Crippen molar-refractivity contribution in [1.29, 1.82) is 0 Å². The molecule has 25 heavy (non-hydrogen) atoms. The van der Waals surface area contributed by atoms with Crippen molar-refractivity contribution in [3.63, 3.8) is 0 Å². The van der Waals surface area contributed by atoms with E-state index in [0.29, 0.717) is 11.4 Å². The van der Waals surface area contributed by atoms with Crippen molar-refractivity contribution in [2.45, 2.75) is 19.2 Å². The fraction of sp³-hybridized carbons (Fsp3) is 0.278. The average molecular weight is 345 g/mol. The summed E-state index contributed by atoms with van der Waals surface area (Å²) in [6, 6.07) is 15.1. The van der Waals surface area contributed by atoms with Crippen molar-refractivity contribution >= 4 is 11.7 Å². The summed E-state index contributed by atoms with van der Waals surface area (Å²) in [5, 5.41) is 27.7. The highest BCUT2D eigenvalue weighted by atomic mass is 16.5. The highest BCUT2D eigenvalue weighted by molar-refractivity contribution is 5.89. The molecule has 0 aromatic heterocycles. The van der Waals surface area contributed by atoms with Crippen LogP contribution < -0.4 is 20.7 Å². The van der Waals surface area contributed by atoms with Gasteiger partial charge in [-0.15, -0.1) is 0 Å². The number of urea groups is 1. The maximum Gasteiger partial charge on any atom is 0.320 e. The van der Waals surface area contributed by atoms with Gasteiger partial charge in [0.15, 0.2) is 0 Å². The van der Waals surface area contributed by atoms with Crippen LogP contribution >= 0.6 is 0 Å². The number of benzene rings is 2. The summed E-state index contributed by atoms with van der Waals surface area (Å²) in [4.78, 5) is 11.8. The molecule has 2 amide bonds. The number of aliphatic hydroxyl groups is 1. The molecule has 5 N–H and O–H groups in total. The van der Waals surface area contributed by atoms with Crippen molar-refractivity contribution in [3.05, 3.63) is 54.6 Å². The van der Waals surface area contributed by atoms with E-state index in [2.05, 4.69) is 16.0 Å². The van der Waals surface area contributed by atoms with Crippen LogP contribution in [0.1, 0.15) is 6.92 Å². The van der Waals surface area contributed by atoms with Crippen LogP contribution in [0.25, 0.3) is 0 Å². The minimum absolute atomic E-state index is 0.0688. The number of rotatable bonds is 8. The average Bonchev–Trinajstić information content (AvgIpc) is 2.59. The van der Waals surface area contributed by atoms with Gasteiger partial charge in [-0.25, -0.2) is 4.79 Å². The predicted octanol–water partition coefficient (Wildman–Crippen LogP) is 1.89. The van der Waals surface area contributed by atoms with Crippen LogP contribution in [0.2, 0.25) is 0 Å². The summed E-state index contributed by atoms with van der Waals surface area (Å²) < 4.78 is 5.39. The van der Waals surface area contributed by atoms with E-state index < -0.39 is 6.10 Å². The van der Waals surface area contributed by atoms with Crippen molar-refractivity contribution in [3.8, 4) is 11.5 Å². The lowest BCUT2D eigenvalue weighted by Crippen LogP contribution is -2.48. The number of carbonyl (C=O) groups excluding carboxylic acids is 1. The molecule has 2 aromatic rings. The summed E-state index contributed by atoms with van der Waals surface area (Å²) in [5.41, 5.74) is 0.701. The number of hydrogen-bond donors (Lipinski definition) is 5. The van der Waals surface area contributed by atoms with Crippen molar-refractivity contribution in [2.24, 2.45) is 0 Å². The lowest BCUT2D eigenvalue weighted by molar-refractivity contribution is 0.103. The van der Waals surface area contributed by atoms with Gasteiger partial charge in [0.1, 0.15) is 24.2 Å². The summed E-state index contributed by atoms with van der Waals surface area (Å²) in [6.07, 6.45) is -1.09. The summed E-state index contributed by atoms with van der Waals surface area (Å²) in [6.45, 7) is 2.08. The van der Waals surface area contributed by atoms with E-state index in [-0.39, 0.29) is 31.1 Å². The number of para-hydroxylation sites is 1. The van der Waals surface area contributed by atoms with Gasteiger partial charge in [-0.05, 0) is 31.2 Å². The third-order valence-corrected chi connectivity index (χ3v) is 3.30. The number of carbonyl (C=O) groups is 1.